The molecule has 1 atom stereocenters. The molecule has 1 aliphatic rings. The Morgan fingerprint density at radius 3 is 2.85 bits per heavy atom. The van der Waals surface area contributed by atoms with E-state index in [4.69, 9.17) is 0 Å². The van der Waals surface area contributed by atoms with Crippen LogP contribution in [-0.2, 0) is 17.8 Å². The number of carboxylic acid groups (broad SMARTS) is 1. The summed E-state index contributed by atoms with van der Waals surface area (Å²) in [6.07, 6.45) is 1.76. The molecule has 1 aromatic rings. The van der Waals surface area contributed by atoms with Crippen LogP contribution in [0.4, 0.5) is 4.79 Å². The van der Waals surface area contributed by atoms with Crippen LogP contribution in [0.15, 0.2) is 6.33 Å². The number of H-pyrrole nitrogens is 1. The normalized spacial score (nSPS) is 18.6. The number of imidazole rings is 1. The fourth-order valence-corrected chi connectivity index (χ4v) is 2.11. The molecule has 1 unspecified atom stereocenters. The summed E-state index contributed by atoms with van der Waals surface area (Å²) in [5, 5.41) is 12.1. The quantitative estimate of drug-likeness (QED) is 0.752. The second-order valence-electron chi connectivity index (χ2n) is 6.23. The molecule has 3 N–H and O–H groups in total. The van der Waals surface area contributed by atoms with Crippen molar-refractivity contribution in [1.82, 2.24) is 20.2 Å². The molecule has 0 saturated heterocycles. The maximum absolute atomic E-state index is 12.2. The van der Waals surface area contributed by atoms with E-state index in [1.54, 1.807) is 0 Å². The third-order valence-electron chi connectivity index (χ3n) is 3.21. The molecule has 0 aliphatic carbocycles. The van der Waals surface area contributed by atoms with E-state index in [1.165, 1.54) is 11.2 Å². The fourth-order valence-electron chi connectivity index (χ4n) is 2.11. The van der Waals surface area contributed by atoms with E-state index < -0.39 is 12.0 Å². The molecule has 0 radical (unpaired) electrons. The van der Waals surface area contributed by atoms with Gasteiger partial charge in [-0.2, -0.15) is 0 Å². The van der Waals surface area contributed by atoms with Crippen molar-refractivity contribution in [1.29, 1.82) is 0 Å². The Hall–Kier alpha value is -2.05. The van der Waals surface area contributed by atoms with Gasteiger partial charge in [-0.05, 0) is 5.41 Å². The lowest BCUT2D eigenvalue weighted by Crippen LogP contribution is -2.53. The Bertz CT molecular complexity index is 518. The highest BCUT2D eigenvalue weighted by atomic mass is 16.4. The fraction of sp³-hybridized carbons (Fsp3) is 0.615. The third-order valence-corrected chi connectivity index (χ3v) is 3.21. The number of carbonyl (C=O) groups excluding carboxylic acids is 1. The molecule has 2 rings (SSSR count). The molecule has 1 aliphatic heterocycles. The van der Waals surface area contributed by atoms with Crippen LogP contribution >= 0.6 is 0 Å². The van der Waals surface area contributed by atoms with Gasteiger partial charge >= 0.3 is 12.0 Å². The van der Waals surface area contributed by atoms with Crippen LogP contribution in [-0.4, -0.2) is 44.6 Å². The number of fused-ring (bicyclic) bond motifs is 1. The molecule has 7 heteroatoms. The third kappa shape index (κ3) is 3.09. The first-order chi connectivity index (χ1) is 9.28. The summed E-state index contributed by atoms with van der Waals surface area (Å²) < 4.78 is 0. The lowest BCUT2D eigenvalue weighted by atomic mass is 9.97. The molecule has 0 fully saturated rings. The number of aliphatic carboxylic acids is 1. The smallest absolute Gasteiger partial charge is 0.326 e. The Morgan fingerprint density at radius 1 is 1.55 bits per heavy atom. The zero-order chi connectivity index (χ0) is 14.9. The Balaban J connectivity index is 2.12. The molecule has 0 bridgehead atoms. The number of urea groups is 1. The van der Waals surface area contributed by atoms with E-state index in [2.05, 4.69) is 15.3 Å². The van der Waals surface area contributed by atoms with E-state index >= 15 is 0 Å². The molecule has 2 heterocycles. The number of aromatic amines is 1. The Morgan fingerprint density at radius 2 is 2.25 bits per heavy atom. The van der Waals surface area contributed by atoms with Gasteiger partial charge in [0.2, 0.25) is 0 Å². The van der Waals surface area contributed by atoms with Crippen LogP contribution < -0.4 is 5.32 Å². The number of aromatic nitrogens is 2. The highest BCUT2D eigenvalue weighted by Crippen LogP contribution is 2.21. The highest BCUT2D eigenvalue weighted by molar-refractivity contribution is 5.83. The van der Waals surface area contributed by atoms with Crippen LogP contribution in [0, 0.1) is 5.41 Å². The first-order valence-electron chi connectivity index (χ1n) is 6.56. The zero-order valence-electron chi connectivity index (χ0n) is 11.9. The van der Waals surface area contributed by atoms with E-state index in [-0.39, 0.29) is 24.4 Å². The van der Waals surface area contributed by atoms with Crippen molar-refractivity contribution in [2.75, 3.05) is 6.54 Å². The average molecular weight is 280 g/mol. The molecule has 0 spiro atoms. The molecule has 2 amide bonds. The van der Waals surface area contributed by atoms with Gasteiger partial charge in [-0.1, -0.05) is 20.8 Å². The number of nitrogens with zero attached hydrogens (tertiary/aromatic N) is 2. The molecule has 0 saturated carbocycles. The van der Waals surface area contributed by atoms with Crippen LogP contribution in [0.3, 0.4) is 0 Å². The second-order valence-corrected chi connectivity index (χ2v) is 6.23. The number of carbonyl (C=O) groups is 2. The van der Waals surface area contributed by atoms with Crippen molar-refractivity contribution in [2.24, 2.45) is 5.41 Å². The first-order valence-corrected chi connectivity index (χ1v) is 6.56. The van der Waals surface area contributed by atoms with Gasteiger partial charge in [0.1, 0.15) is 6.04 Å². The summed E-state index contributed by atoms with van der Waals surface area (Å²) in [7, 11) is 0. The molecule has 7 nitrogen and oxygen atoms in total. The van der Waals surface area contributed by atoms with E-state index in [0.717, 1.165) is 11.4 Å². The minimum Gasteiger partial charge on any atom is -0.480 e. The maximum Gasteiger partial charge on any atom is 0.326 e. The Kier molecular flexibility index (Phi) is 3.69. The highest BCUT2D eigenvalue weighted by Gasteiger charge is 2.36. The van der Waals surface area contributed by atoms with E-state index in [1.807, 2.05) is 20.8 Å². The Labute approximate surface area is 117 Å². The van der Waals surface area contributed by atoms with Crippen molar-refractivity contribution < 1.29 is 14.7 Å². The van der Waals surface area contributed by atoms with Crippen molar-refractivity contribution >= 4 is 12.0 Å². The average Bonchev–Trinajstić information content (AvgIpc) is 2.80. The minimum absolute atomic E-state index is 0.0523. The van der Waals surface area contributed by atoms with Crippen molar-refractivity contribution in [3.8, 4) is 0 Å². The molecule has 1 aromatic heterocycles. The standard InChI is InChI=1S/C13H20N4O3/c1-13(2,3)6-14-12(20)17-5-9-8(15-7-16-9)4-10(17)11(18)19/h7,10H,4-6H2,1-3H3,(H,14,20)(H,15,16)(H,18,19). The van der Waals surface area contributed by atoms with Gasteiger partial charge in [-0.3, -0.25) is 0 Å². The molecular formula is C13H20N4O3. The topological polar surface area (TPSA) is 98.3 Å². The van der Waals surface area contributed by atoms with Gasteiger partial charge in [0.05, 0.1) is 24.3 Å². The summed E-state index contributed by atoms with van der Waals surface area (Å²) in [5.41, 5.74) is 1.47. The molecule has 20 heavy (non-hydrogen) atoms. The van der Waals surface area contributed by atoms with E-state index in [9.17, 15) is 14.7 Å². The van der Waals surface area contributed by atoms with Crippen molar-refractivity contribution in [3.05, 3.63) is 17.7 Å². The molecular weight excluding hydrogens is 260 g/mol. The summed E-state index contributed by atoms with van der Waals surface area (Å²) in [6, 6.07) is -1.22. The van der Waals surface area contributed by atoms with Crippen molar-refractivity contribution in [2.45, 2.75) is 39.8 Å². The first kappa shape index (κ1) is 14.4. The molecule has 110 valence electrons. The van der Waals surface area contributed by atoms with Crippen LogP contribution in [0.25, 0.3) is 0 Å². The lowest BCUT2D eigenvalue weighted by Gasteiger charge is -2.33. The number of carboxylic acids is 1. The van der Waals surface area contributed by atoms with Crippen LogP contribution in [0.1, 0.15) is 32.2 Å². The summed E-state index contributed by atoms with van der Waals surface area (Å²) in [5.74, 6) is -1.01. The second kappa shape index (κ2) is 5.15. The van der Waals surface area contributed by atoms with Crippen LogP contribution in [0.2, 0.25) is 0 Å². The predicted molar refractivity (Wildman–Crippen MR) is 72.1 cm³/mol. The minimum atomic E-state index is -1.01. The summed E-state index contributed by atoms with van der Waals surface area (Å²) >= 11 is 0. The van der Waals surface area contributed by atoms with Crippen molar-refractivity contribution in [3.63, 3.8) is 0 Å². The number of amides is 2. The predicted octanol–water partition coefficient (Wildman–Crippen LogP) is 0.977. The summed E-state index contributed by atoms with van der Waals surface area (Å²) in [6.45, 7) is 6.74. The maximum atomic E-state index is 12.2. The van der Waals surface area contributed by atoms with Gasteiger partial charge in [-0.25, -0.2) is 14.6 Å². The van der Waals surface area contributed by atoms with Gasteiger partial charge in [0, 0.05) is 13.0 Å². The number of hydrogen-bond donors (Lipinski definition) is 3. The van der Waals surface area contributed by atoms with Gasteiger partial charge in [0.25, 0.3) is 0 Å². The number of nitrogens with one attached hydrogen (secondary N) is 2. The van der Waals surface area contributed by atoms with Gasteiger partial charge < -0.3 is 20.3 Å². The van der Waals surface area contributed by atoms with Gasteiger partial charge in [-0.15, -0.1) is 0 Å². The summed E-state index contributed by atoms with van der Waals surface area (Å²) in [4.78, 5) is 31.9. The SMILES string of the molecule is CC(C)(C)CNC(=O)N1Cc2[nH]cnc2CC1C(=O)O. The zero-order valence-corrected chi connectivity index (χ0v) is 11.9. The van der Waals surface area contributed by atoms with Crippen LogP contribution in [0.5, 0.6) is 0 Å². The number of hydrogen-bond acceptors (Lipinski definition) is 3. The largest absolute Gasteiger partial charge is 0.480 e. The number of rotatable bonds is 2. The van der Waals surface area contributed by atoms with Gasteiger partial charge in [0.15, 0.2) is 0 Å². The van der Waals surface area contributed by atoms with E-state index in [0.29, 0.717) is 6.54 Å². The monoisotopic (exact) mass is 280 g/mol. The lowest BCUT2D eigenvalue weighted by molar-refractivity contribution is -0.142. The molecule has 0 aromatic carbocycles.